The van der Waals surface area contributed by atoms with Crippen LogP contribution in [0.4, 0.5) is 4.79 Å². The molecule has 0 aliphatic heterocycles. The van der Waals surface area contributed by atoms with Crippen molar-refractivity contribution in [3.05, 3.63) is 34.2 Å². The number of pyridine rings is 1. The molecule has 8 nitrogen and oxygen atoms in total. The summed E-state index contributed by atoms with van der Waals surface area (Å²) in [5, 5.41) is 9.38. The van der Waals surface area contributed by atoms with Gasteiger partial charge in [-0.05, 0) is 67.4 Å². The number of ether oxygens (including phenoxy) is 1. The zero-order valence-corrected chi connectivity index (χ0v) is 22.3. The highest BCUT2D eigenvalue weighted by Crippen LogP contribution is 2.09. The summed E-state index contributed by atoms with van der Waals surface area (Å²) in [4.78, 5) is 28.5. The number of amides is 1. The van der Waals surface area contributed by atoms with Crippen LogP contribution in [0.25, 0.3) is 0 Å². The Hall–Kier alpha value is -1.78. The fraction of sp³-hybridized carbons (Fsp3) is 0.682. The number of carbonyl (C=O) groups is 1. The molecule has 0 spiro atoms. The van der Waals surface area contributed by atoms with Gasteiger partial charge in [0.25, 0.3) is 5.56 Å². The summed E-state index contributed by atoms with van der Waals surface area (Å²) >= 11 is 0. The largest absolute Gasteiger partial charge is 0.444 e. The molecule has 0 saturated heterocycles. The van der Waals surface area contributed by atoms with Crippen molar-refractivity contribution in [1.82, 2.24) is 20.5 Å². The Morgan fingerprint density at radius 1 is 1.13 bits per heavy atom. The van der Waals surface area contributed by atoms with Crippen molar-refractivity contribution in [2.24, 2.45) is 4.99 Å². The van der Waals surface area contributed by atoms with E-state index in [1.165, 1.54) is 0 Å². The average Bonchev–Trinajstić information content (AvgIpc) is 2.59. The maximum atomic E-state index is 12.0. The summed E-state index contributed by atoms with van der Waals surface area (Å²) in [6.07, 6.45) is 1.35. The lowest BCUT2D eigenvalue weighted by Crippen LogP contribution is -2.49. The number of hydrogen-bond acceptors (Lipinski definition) is 4. The van der Waals surface area contributed by atoms with Crippen molar-refractivity contribution < 1.29 is 9.53 Å². The van der Waals surface area contributed by atoms with Crippen LogP contribution in [0.2, 0.25) is 0 Å². The van der Waals surface area contributed by atoms with Crippen molar-refractivity contribution in [2.45, 2.75) is 79.0 Å². The van der Waals surface area contributed by atoms with E-state index in [0.717, 1.165) is 31.6 Å². The van der Waals surface area contributed by atoms with Gasteiger partial charge in [-0.1, -0.05) is 6.07 Å². The van der Waals surface area contributed by atoms with Crippen LogP contribution in [0, 0.1) is 6.92 Å². The molecule has 0 aliphatic rings. The minimum absolute atomic E-state index is 0. The molecule has 0 fully saturated rings. The zero-order chi connectivity index (χ0) is 22.8. The molecule has 1 amide bonds. The molecule has 0 aliphatic carbocycles. The standard InChI is InChI=1S/C22H39N5O3.HI/c1-8-23-19(25-16-22(6,7)26-20(29)30-21(3,4)5)24-14-9-10-15-27-17(2)12-11-13-18(27)28;/h11-13H,8-10,14-16H2,1-7H3,(H,26,29)(H2,23,24,25);1H. The molecule has 1 heterocycles. The number of halogens is 1. The molecule has 0 atom stereocenters. The van der Waals surface area contributed by atoms with Gasteiger partial charge in [-0.25, -0.2) is 4.79 Å². The van der Waals surface area contributed by atoms with Gasteiger partial charge >= 0.3 is 6.09 Å². The maximum Gasteiger partial charge on any atom is 0.408 e. The van der Waals surface area contributed by atoms with E-state index >= 15 is 0 Å². The van der Waals surface area contributed by atoms with Crippen LogP contribution < -0.4 is 21.5 Å². The third-order valence-electron chi connectivity index (χ3n) is 4.18. The number of nitrogens with zero attached hydrogens (tertiary/aromatic N) is 2. The molecule has 0 bridgehead atoms. The quantitative estimate of drug-likeness (QED) is 0.190. The van der Waals surface area contributed by atoms with Crippen molar-refractivity contribution in [3.63, 3.8) is 0 Å². The topological polar surface area (TPSA) is 96.8 Å². The lowest BCUT2D eigenvalue weighted by molar-refractivity contribution is 0.0476. The first kappa shape index (κ1) is 29.2. The van der Waals surface area contributed by atoms with Crippen LogP contribution >= 0.6 is 24.0 Å². The van der Waals surface area contributed by atoms with Crippen LogP contribution in [0.5, 0.6) is 0 Å². The molecule has 9 heteroatoms. The minimum Gasteiger partial charge on any atom is -0.444 e. The second-order valence-electron chi connectivity index (χ2n) is 9.00. The van der Waals surface area contributed by atoms with E-state index in [0.29, 0.717) is 19.0 Å². The van der Waals surface area contributed by atoms with Crippen molar-refractivity contribution >= 4 is 36.0 Å². The summed E-state index contributed by atoms with van der Waals surface area (Å²) in [6, 6.07) is 5.32. The molecule has 0 unspecified atom stereocenters. The van der Waals surface area contributed by atoms with Gasteiger partial charge in [0.1, 0.15) is 5.60 Å². The van der Waals surface area contributed by atoms with E-state index in [1.807, 2.05) is 54.5 Å². The van der Waals surface area contributed by atoms with Gasteiger partial charge in [0, 0.05) is 31.4 Å². The number of aliphatic imine (C=N–C) groups is 1. The Balaban J connectivity index is 0.00000900. The molecule has 0 saturated carbocycles. The summed E-state index contributed by atoms with van der Waals surface area (Å²) in [6.45, 7) is 15.9. The lowest BCUT2D eigenvalue weighted by atomic mass is 10.1. The number of nitrogens with one attached hydrogen (secondary N) is 3. The van der Waals surface area contributed by atoms with Crippen LogP contribution in [0.3, 0.4) is 0 Å². The normalized spacial score (nSPS) is 12.0. The highest BCUT2D eigenvalue weighted by molar-refractivity contribution is 14.0. The zero-order valence-electron chi connectivity index (χ0n) is 20.0. The number of alkyl carbamates (subject to hydrolysis) is 1. The smallest absolute Gasteiger partial charge is 0.408 e. The van der Waals surface area contributed by atoms with Gasteiger partial charge in [0.05, 0.1) is 12.1 Å². The summed E-state index contributed by atoms with van der Waals surface area (Å²) in [5.41, 5.74) is -0.0670. The van der Waals surface area contributed by atoms with Crippen LogP contribution in [0.1, 0.15) is 60.1 Å². The molecule has 178 valence electrons. The third kappa shape index (κ3) is 12.6. The van der Waals surface area contributed by atoms with E-state index < -0.39 is 17.2 Å². The van der Waals surface area contributed by atoms with Crippen LogP contribution in [-0.4, -0.2) is 47.4 Å². The lowest BCUT2D eigenvalue weighted by Gasteiger charge is -2.27. The van der Waals surface area contributed by atoms with Crippen LogP contribution in [-0.2, 0) is 11.3 Å². The molecule has 0 aromatic carbocycles. The highest BCUT2D eigenvalue weighted by atomic mass is 127. The summed E-state index contributed by atoms with van der Waals surface area (Å²) in [7, 11) is 0. The molecule has 31 heavy (non-hydrogen) atoms. The Morgan fingerprint density at radius 2 is 1.81 bits per heavy atom. The fourth-order valence-corrected chi connectivity index (χ4v) is 2.75. The van der Waals surface area contributed by atoms with E-state index in [1.54, 1.807) is 16.7 Å². The molecule has 1 aromatic rings. The molecule has 1 rings (SSSR count). The minimum atomic E-state index is -0.545. The van der Waals surface area contributed by atoms with Gasteiger partial charge in [-0.2, -0.15) is 0 Å². The second kappa shape index (κ2) is 13.6. The summed E-state index contributed by atoms with van der Waals surface area (Å²) in [5.74, 6) is 0.699. The molecular formula is C22H40IN5O3. The van der Waals surface area contributed by atoms with E-state index in [9.17, 15) is 9.59 Å². The SMILES string of the molecule is CCNC(=NCC(C)(C)NC(=O)OC(C)(C)C)NCCCCn1c(C)cccc1=O.I. The van der Waals surface area contributed by atoms with E-state index in [-0.39, 0.29) is 29.5 Å². The number of guanidine groups is 1. The van der Waals surface area contributed by atoms with Gasteiger partial charge in [-0.3, -0.25) is 9.79 Å². The molecular weight excluding hydrogens is 509 g/mol. The predicted octanol–water partition coefficient (Wildman–Crippen LogP) is 3.41. The number of carbonyl (C=O) groups excluding carboxylic acids is 1. The highest BCUT2D eigenvalue weighted by Gasteiger charge is 2.24. The van der Waals surface area contributed by atoms with E-state index in [2.05, 4.69) is 20.9 Å². The molecule has 3 N–H and O–H groups in total. The number of unbranched alkanes of at least 4 members (excludes halogenated alkanes) is 1. The molecule has 1 aromatic heterocycles. The Morgan fingerprint density at radius 3 is 2.39 bits per heavy atom. The number of aromatic nitrogens is 1. The fourth-order valence-electron chi connectivity index (χ4n) is 2.75. The maximum absolute atomic E-state index is 12.0. The predicted molar refractivity (Wildman–Crippen MR) is 138 cm³/mol. The Bertz CT molecular complexity index is 769. The Labute approximate surface area is 203 Å². The van der Waals surface area contributed by atoms with Crippen molar-refractivity contribution in [1.29, 1.82) is 0 Å². The van der Waals surface area contributed by atoms with Crippen molar-refractivity contribution in [2.75, 3.05) is 19.6 Å². The van der Waals surface area contributed by atoms with Crippen LogP contribution in [0.15, 0.2) is 28.0 Å². The van der Waals surface area contributed by atoms with E-state index in [4.69, 9.17) is 4.74 Å². The monoisotopic (exact) mass is 549 g/mol. The van der Waals surface area contributed by atoms with Gasteiger partial charge in [0.15, 0.2) is 5.96 Å². The Kier molecular flexibility index (Phi) is 12.8. The van der Waals surface area contributed by atoms with Gasteiger partial charge in [0.2, 0.25) is 0 Å². The summed E-state index contributed by atoms with van der Waals surface area (Å²) < 4.78 is 7.11. The van der Waals surface area contributed by atoms with Crippen molar-refractivity contribution in [3.8, 4) is 0 Å². The first-order valence-corrected chi connectivity index (χ1v) is 10.6. The number of aryl methyl sites for hydroxylation is 1. The number of hydrogen-bond donors (Lipinski definition) is 3. The van der Waals surface area contributed by atoms with Gasteiger partial charge in [-0.15, -0.1) is 24.0 Å². The van der Waals surface area contributed by atoms with Gasteiger partial charge < -0.3 is 25.3 Å². The first-order chi connectivity index (χ1) is 13.9. The first-order valence-electron chi connectivity index (χ1n) is 10.6. The average molecular weight is 549 g/mol. The second-order valence-corrected chi connectivity index (χ2v) is 9.00. The number of rotatable bonds is 9. The molecule has 0 radical (unpaired) electrons. The third-order valence-corrected chi connectivity index (χ3v) is 4.18.